The third-order valence-corrected chi connectivity index (χ3v) is 7.20. The Morgan fingerprint density at radius 2 is 1.85 bits per heavy atom. The molecule has 6 heteroatoms. The van der Waals surface area contributed by atoms with Crippen LogP contribution in [0.3, 0.4) is 0 Å². The Balaban J connectivity index is 1.79. The van der Waals surface area contributed by atoms with Crippen molar-refractivity contribution in [2.75, 3.05) is 14.2 Å². The maximum absolute atomic E-state index is 13.6. The zero-order valence-electron chi connectivity index (χ0n) is 19.2. The second-order valence-corrected chi connectivity index (χ2v) is 9.66. The van der Waals surface area contributed by atoms with E-state index in [1.807, 2.05) is 54.3 Å². The standard InChI is InChI=1S/C27H29Cl2NO3/c1-17-13-24(19-5-4-6-22(29)14-19)26(18-7-10-21(28)11-8-18)30(27(17)31)16-20-9-12-23(32-2)15-25(20)33-3/h4-7,9-10,12,14-15,17,24,26H,8,11,13,16H2,1-3H3/t17?,24-,26-/m1/s1. The Morgan fingerprint density at radius 1 is 1.03 bits per heavy atom. The minimum atomic E-state index is -0.0993. The summed E-state index contributed by atoms with van der Waals surface area (Å²) in [5.41, 5.74) is 3.32. The summed E-state index contributed by atoms with van der Waals surface area (Å²) < 4.78 is 11.0. The maximum Gasteiger partial charge on any atom is 0.226 e. The number of hydrogen-bond donors (Lipinski definition) is 0. The molecule has 33 heavy (non-hydrogen) atoms. The van der Waals surface area contributed by atoms with Crippen LogP contribution in [0.25, 0.3) is 0 Å². The first kappa shape index (κ1) is 23.7. The van der Waals surface area contributed by atoms with Gasteiger partial charge in [-0.1, -0.05) is 48.3 Å². The van der Waals surface area contributed by atoms with Gasteiger partial charge in [0.2, 0.25) is 5.91 Å². The number of rotatable bonds is 6. The van der Waals surface area contributed by atoms with Crippen LogP contribution in [0.4, 0.5) is 0 Å². The minimum Gasteiger partial charge on any atom is -0.497 e. The fourth-order valence-corrected chi connectivity index (χ4v) is 5.34. The number of nitrogens with zero attached hydrogens (tertiary/aromatic N) is 1. The van der Waals surface area contributed by atoms with E-state index < -0.39 is 0 Å². The van der Waals surface area contributed by atoms with Crippen molar-refractivity contribution in [2.24, 2.45) is 5.92 Å². The van der Waals surface area contributed by atoms with E-state index in [9.17, 15) is 4.79 Å². The normalized spacial score (nSPS) is 23.1. The van der Waals surface area contributed by atoms with Crippen LogP contribution in [0.15, 0.2) is 65.2 Å². The highest BCUT2D eigenvalue weighted by Crippen LogP contribution is 2.43. The molecule has 1 fully saturated rings. The van der Waals surface area contributed by atoms with Crippen molar-refractivity contribution in [1.29, 1.82) is 0 Å². The number of likely N-dealkylation sites (tertiary alicyclic amines) is 1. The van der Waals surface area contributed by atoms with Gasteiger partial charge in [0.1, 0.15) is 11.5 Å². The predicted octanol–water partition coefficient (Wildman–Crippen LogP) is 6.72. The third kappa shape index (κ3) is 5.07. The van der Waals surface area contributed by atoms with Gasteiger partial charge in [0.05, 0.1) is 20.3 Å². The zero-order valence-corrected chi connectivity index (χ0v) is 20.7. The van der Waals surface area contributed by atoms with E-state index in [1.165, 1.54) is 5.57 Å². The van der Waals surface area contributed by atoms with Crippen LogP contribution >= 0.6 is 23.2 Å². The van der Waals surface area contributed by atoms with Crippen LogP contribution in [0.5, 0.6) is 11.5 Å². The van der Waals surface area contributed by atoms with Gasteiger partial charge in [-0.05, 0) is 60.7 Å². The summed E-state index contributed by atoms with van der Waals surface area (Å²) in [6.07, 6.45) is 6.44. The van der Waals surface area contributed by atoms with Crippen molar-refractivity contribution in [3.05, 3.63) is 81.4 Å². The van der Waals surface area contributed by atoms with Crippen molar-refractivity contribution in [1.82, 2.24) is 4.90 Å². The summed E-state index contributed by atoms with van der Waals surface area (Å²) in [7, 11) is 3.27. The molecule has 1 aliphatic heterocycles. The molecule has 0 spiro atoms. The molecule has 2 aliphatic rings. The molecule has 1 unspecified atom stereocenters. The average Bonchev–Trinajstić information content (AvgIpc) is 2.82. The summed E-state index contributed by atoms with van der Waals surface area (Å²) in [5.74, 6) is 1.61. The van der Waals surface area contributed by atoms with Crippen molar-refractivity contribution < 1.29 is 14.3 Å². The van der Waals surface area contributed by atoms with Crippen LogP contribution in [0.1, 0.15) is 43.2 Å². The summed E-state index contributed by atoms with van der Waals surface area (Å²) >= 11 is 12.6. The monoisotopic (exact) mass is 485 g/mol. The lowest BCUT2D eigenvalue weighted by Gasteiger charge is -2.46. The first-order valence-corrected chi connectivity index (χ1v) is 12.0. The molecule has 3 atom stereocenters. The van der Waals surface area contributed by atoms with E-state index in [1.54, 1.807) is 14.2 Å². The Labute approximate surface area is 205 Å². The lowest BCUT2D eigenvalue weighted by molar-refractivity contribution is -0.142. The summed E-state index contributed by atoms with van der Waals surface area (Å²) in [4.78, 5) is 15.6. The van der Waals surface area contributed by atoms with Gasteiger partial charge < -0.3 is 14.4 Å². The smallest absolute Gasteiger partial charge is 0.226 e. The van der Waals surface area contributed by atoms with Gasteiger partial charge in [0.15, 0.2) is 0 Å². The maximum atomic E-state index is 13.6. The van der Waals surface area contributed by atoms with E-state index in [2.05, 4.69) is 12.1 Å². The van der Waals surface area contributed by atoms with Gasteiger partial charge in [0.25, 0.3) is 0 Å². The van der Waals surface area contributed by atoms with Crippen molar-refractivity contribution >= 4 is 29.1 Å². The van der Waals surface area contributed by atoms with Crippen LogP contribution in [-0.2, 0) is 11.3 Å². The van der Waals surface area contributed by atoms with Gasteiger partial charge in [-0.15, -0.1) is 0 Å². The van der Waals surface area contributed by atoms with Crippen LogP contribution in [0.2, 0.25) is 5.02 Å². The average molecular weight is 486 g/mol. The van der Waals surface area contributed by atoms with Gasteiger partial charge >= 0.3 is 0 Å². The molecular formula is C27H29Cl2NO3. The minimum absolute atomic E-state index is 0.0833. The van der Waals surface area contributed by atoms with E-state index in [4.69, 9.17) is 32.7 Å². The van der Waals surface area contributed by atoms with Gasteiger partial charge in [-0.2, -0.15) is 0 Å². The quantitative estimate of drug-likeness (QED) is 0.455. The fourth-order valence-electron chi connectivity index (χ4n) is 4.98. The highest BCUT2D eigenvalue weighted by Gasteiger charge is 2.42. The lowest BCUT2D eigenvalue weighted by atomic mass is 9.74. The highest BCUT2D eigenvalue weighted by atomic mass is 35.5. The molecule has 4 nitrogen and oxygen atoms in total. The highest BCUT2D eigenvalue weighted by molar-refractivity contribution is 6.30. The molecule has 174 valence electrons. The van der Waals surface area contributed by atoms with E-state index in [-0.39, 0.29) is 23.8 Å². The molecule has 0 bridgehead atoms. The number of ether oxygens (including phenoxy) is 2. The van der Waals surface area contributed by atoms with Gasteiger partial charge in [0, 0.05) is 40.1 Å². The second-order valence-electron chi connectivity index (χ2n) is 8.74. The number of hydrogen-bond acceptors (Lipinski definition) is 3. The van der Waals surface area contributed by atoms with Crippen molar-refractivity contribution in [3.8, 4) is 11.5 Å². The molecule has 0 aromatic heterocycles. The third-order valence-electron chi connectivity index (χ3n) is 6.65. The van der Waals surface area contributed by atoms with E-state index >= 15 is 0 Å². The molecule has 1 aliphatic carbocycles. The van der Waals surface area contributed by atoms with Gasteiger partial charge in [-0.25, -0.2) is 0 Å². The fraction of sp³-hybridized carbons (Fsp3) is 0.370. The van der Waals surface area contributed by atoms with Crippen LogP contribution in [-0.4, -0.2) is 31.1 Å². The number of methoxy groups -OCH3 is 2. The number of allylic oxidation sites excluding steroid dienone is 3. The second kappa shape index (κ2) is 10.2. The first-order chi connectivity index (χ1) is 15.9. The number of carbonyl (C=O) groups excluding carboxylic acids is 1. The zero-order chi connectivity index (χ0) is 23.5. The molecular weight excluding hydrogens is 457 g/mol. The Hall–Kier alpha value is -2.43. The lowest BCUT2D eigenvalue weighted by Crippen LogP contribution is -2.51. The molecule has 1 saturated heterocycles. The first-order valence-electron chi connectivity index (χ1n) is 11.2. The Bertz CT molecular complexity index is 1090. The topological polar surface area (TPSA) is 38.8 Å². The molecule has 4 rings (SSSR count). The summed E-state index contributed by atoms with van der Waals surface area (Å²) in [6, 6.07) is 13.7. The number of amides is 1. The van der Waals surface area contributed by atoms with Gasteiger partial charge in [-0.3, -0.25) is 4.79 Å². The molecule has 2 aromatic carbocycles. The Morgan fingerprint density at radius 3 is 2.52 bits per heavy atom. The van der Waals surface area contributed by atoms with E-state index in [0.29, 0.717) is 17.3 Å². The number of piperidine rings is 1. The summed E-state index contributed by atoms with van der Waals surface area (Å²) in [5, 5.41) is 1.55. The molecule has 0 saturated carbocycles. The largest absolute Gasteiger partial charge is 0.497 e. The number of carbonyl (C=O) groups is 1. The Kier molecular flexibility index (Phi) is 7.35. The number of halogens is 2. The summed E-state index contributed by atoms with van der Waals surface area (Å²) in [6.45, 7) is 2.47. The SMILES string of the molecule is COc1ccc(CN2C(=O)C(C)C[C@H](c3cccc(Cl)c3)[C@H]2C2=CC=C(Cl)CC2)c(OC)c1. The predicted molar refractivity (Wildman–Crippen MR) is 133 cm³/mol. The number of benzene rings is 2. The molecule has 0 N–H and O–H groups in total. The van der Waals surface area contributed by atoms with Crippen molar-refractivity contribution in [2.45, 2.75) is 44.7 Å². The van der Waals surface area contributed by atoms with E-state index in [0.717, 1.165) is 41.2 Å². The molecule has 0 radical (unpaired) electrons. The molecule has 1 amide bonds. The molecule has 2 aromatic rings. The molecule has 1 heterocycles. The van der Waals surface area contributed by atoms with Crippen molar-refractivity contribution in [3.63, 3.8) is 0 Å². The van der Waals surface area contributed by atoms with Crippen LogP contribution in [0, 0.1) is 5.92 Å². The van der Waals surface area contributed by atoms with Crippen LogP contribution < -0.4 is 9.47 Å².